The lowest BCUT2D eigenvalue weighted by molar-refractivity contribution is -0.154. The summed E-state index contributed by atoms with van der Waals surface area (Å²) < 4.78 is 61.3. The second kappa shape index (κ2) is 6.36. The number of halogens is 4. The number of benzene rings is 1. The molecule has 20 heavy (non-hydrogen) atoms. The molecule has 1 rings (SSSR count). The third-order valence-corrected chi connectivity index (χ3v) is 2.30. The number of hydrogen-bond acceptors (Lipinski definition) is 4. The molecule has 0 saturated heterocycles. The summed E-state index contributed by atoms with van der Waals surface area (Å²) in [6.07, 6.45) is 0. The second-order valence-electron chi connectivity index (χ2n) is 3.64. The third kappa shape index (κ3) is 3.06. The van der Waals surface area contributed by atoms with Crippen LogP contribution in [-0.4, -0.2) is 25.0 Å². The first-order valence-corrected chi connectivity index (χ1v) is 5.46. The minimum Gasteiger partial charge on any atom is -0.482 e. The lowest BCUT2D eigenvalue weighted by Gasteiger charge is -2.11. The van der Waals surface area contributed by atoms with Crippen LogP contribution in [-0.2, 0) is 14.3 Å². The number of Topliss-reactive ketones (excluding diaryl/α,β-unsaturated/α-hetero) is 1. The van der Waals surface area contributed by atoms with Gasteiger partial charge in [-0.25, -0.2) is 18.0 Å². The van der Waals surface area contributed by atoms with Gasteiger partial charge in [-0.1, -0.05) is 0 Å². The van der Waals surface area contributed by atoms with Crippen molar-refractivity contribution in [3.05, 3.63) is 28.8 Å². The van der Waals surface area contributed by atoms with Crippen molar-refractivity contribution in [1.82, 2.24) is 0 Å². The summed E-state index contributed by atoms with van der Waals surface area (Å²) in [6.45, 7) is 1.35. The maximum atomic E-state index is 13.4. The summed E-state index contributed by atoms with van der Waals surface area (Å²) >= 11 is 0. The van der Waals surface area contributed by atoms with Gasteiger partial charge in [0.15, 0.2) is 24.0 Å². The molecule has 0 aromatic heterocycles. The average Bonchev–Trinajstić information content (AvgIpc) is 2.43. The van der Waals surface area contributed by atoms with Gasteiger partial charge in [-0.05, 0) is 13.8 Å². The molecular weight excluding hydrogens is 284 g/mol. The van der Waals surface area contributed by atoms with E-state index in [1.165, 1.54) is 6.92 Å². The zero-order valence-corrected chi connectivity index (χ0v) is 10.6. The van der Waals surface area contributed by atoms with Gasteiger partial charge in [0.1, 0.15) is 0 Å². The van der Waals surface area contributed by atoms with E-state index in [4.69, 9.17) is 0 Å². The van der Waals surface area contributed by atoms with E-state index in [0.717, 1.165) is 6.92 Å². The fourth-order valence-corrected chi connectivity index (χ4v) is 1.30. The van der Waals surface area contributed by atoms with E-state index in [-0.39, 0.29) is 6.61 Å². The van der Waals surface area contributed by atoms with Gasteiger partial charge in [0, 0.05) is 5.56 Å². The molecule has 4 nitrogen and oxygen atoms in total. The van der Waals surface area contributed by atoms with Crippen molar-refractivity contribution in [2.45, 2.75) is 13.8 Å². The van der Waals surface area contributed by atoms with Crippen LogP contribution in [0.3, 0.4) is 0 Å². The Bertz CT molecular complexity index is 528. The number of carbonyl (C=O) groups excluding carboxylic acids is 2. The minimum absolute atomic E-state index is 0.0578. The number of hydrogen-bond donors (Lipinski definition) is 0. The highest BCUT2D eigenvalue weighted by Crippen LogP contribution is 2.29. The summed E-state index contributed by atoms with van der Waals surface area (Å²) in [4.78, 5) is 22.2. The van der Waals surface area contributed by atoms with E-state index in [2.05, 4.69) is 9.47 Å². The summed E-state index contributed by atoms with van der Waals surface area (Å²) in [7, 11) is 0. The van der Waals surface area contributed by atoms with Crippen molar-refractivity contribution < 1.29 is 36.6 Å². The van der Waals surface area contributed by atoms with Gasteiger partial charge in [0.25, 0.3) is 5.78 Å². The van der Waals surface area contributed by atoms with Gasteiger partial charge in [-0.15, -0.1) is 0 Å². The highest BCUT2D eigenvalue weighted by Gasteiger charge is 2.25. The molecule has 0 bridgehead atoms. The Balaban J connectivity index is 2.95. The molecule has 1 aromatic carbocycles. The number of ether oxygens (including phenoxy) is 2. The monoisotopic (exact) mass is 294 g/mol. The molecule has 0 spiro atoms. The van der Waals surface area contributed by atoms with Gasteiger partial charge in [0.2, 0.25) is 11.6 Å². The minimum atomic E-state index is -2.06. The highest BCUT2D eigenvalue weighted by atomic mass is 19.2. The van der Waals surface area contributed by atoms with Crippen LogP contribution in [0.5, 0.6) is 5.75 Å². The first-order valence-electron chi connectivity index (χ1n) is 5.46. The lowest BCUT2D eigenvalue weighted by atomic mass is 10.2. The third-order valence-electron chi connectivity index (χ3n) is 2.30. The van der Waals surface area contributed by atoms with Gasteiger partial charge in [-0.2, -0.15) is 4.39 Å². The predicted molar refractivity (Wildman–Crippen MR) is 58.1 cm³/mol. The summed E-state index contributed by atoms with van der Waals surface area (Å²) in [5, 5.41) is 0. The normalized spacial score (nSPS) is 10.3. The molecule has 0 unspecified atom stereocenters. The topological polar surface area (TPSA) is 52.6 Å². The maximum Gasteiger partial charge on any atom is 0.378 e. The van der Waals surface area contributed by atoms with Crippen molar-refractivity contribution >= 4 is 11.8 Å². The Hall–Kier alpha value is -2.12. The highest BCUT2D eigenvalue weighted by molar-refractivity contribution is 6.34. The van der Waals surface area contributed by atoms with Crippen molar-refractivity contribution in [3.63, 3.8) is 0 Å². The Morgan fingerprint density at radius 3 is 2.10 bits per heavy atom. The van der Waals surface area contributed by atoms with Crippen LogP contribution in [0.15, 0.2) is 0 Å². The van der Waals surface area contributed by atoms with Gasteiger partial charge < -0.3 is 9.47 Å². The Labute approximate surface area is 111 Å². The molecule has 0 atom stereocenters. The SMILES string of the molecule is CCOC(=O)C(=O)COc1c(C)c(F)c(F)c(F)c1F. The van der Waals surface area contributed by atoms with Crippen molar-refractivity contribution in [2.75, 3.05) is 13.2 Å². The molecular formula is C12H10F4O4. The summed E-state index contributed by atoms with van der Waals surface area (Å²) in [6, 6.07) is 0. The number of carbonyl (C=O) groups is 2. The molecule has 0 aliphatic heterocycles. The number of rotatable bonds is 5. The summed E-state index contributed by atoms with van der Waals surface area (Å²) in [5.41, 5.74) is -0.655. The lowest BCUT2D eigenvalue weighted by Crippen LogP contribution is -2.24. The molecule has 0 heterocycles. The van der Waals surface area contributed by atoms with E-state index in [1.54, 1.807) is 0 Å². The molecule has 0 fully saturated rings. The molecule has 0 saturated carbocycles. The molecule has 0 aliphatic rings. The van der Waals surface area contributed by atoms with Crippen molar-refractivity contribution in [3.8, 4) is 5.75 Å². The van der Waals surface area contributed by atoms with E-state index in [0.29, 0.717) is 0 Å². The molecule has 110 valence electrons. The van der Waals surface area contributed by atoms with E-state index in [9.17, 15) is 27.2 Å². The number of esters is 1. The first-order chi connectivity index (χ1) is 9.31. The van der Waals surface area contributed by atoms with Crippen LogP contribution in [0.1, 0.15) is 12.5 Å². The zero-order valence-electron chi connectivity index (χ0n) is 10.6. The molecule has 0 radical (unpaired) electrons. The fraction of sp³-hybridized carbons (Fsp3) is 0.333. The van der Waals surface area contributed by atoms with Gasteiger partial charge in [0.05, 0.1) is 6.61 Å². The van der Waals surface area contributed by atoms with E-state index < -0.39 is 52.9 Å². The van der Waals surface area contributed by atoms with E-state index >= 15 is 0 Å². The largest absolute Gasteiger partial charge is 0.482 e. The smallest absolute Gasteiger partial charge is 0.378 e. The average molecular weight is 294 g/mol. The standard InChI is InChI=1S/C12H10F4O4/c1-3-19-12(18)6(17)4-20-11-5(2)7(13)8(14)9(15)10(11)16/h3-4H2,1-2H3. The predicted octanol–water partition coefficient (Wildman–Crippen LogP) is 2.06. The molecule has 1 aromatic rings. The van der Waals surface area contributed by atoms with Gasteiger partial charge >= 0.3 is 5.97 Å². The first kappa shape index (κ1) is 15.9. The van der Waals surface area contributed by atoms with Crippen molar-refractivity contribution in [1.29, 1.82) is 0 Å². The Morgan fingerprint density at radius 2 is 1.55 bits per heavy atom. The quantitative estimate of drug-likeness (QED) is 0.274. The number of ketones is 1. The molecule has 0 N–H and O–H groups in total. The van der Waals surface area contributed by atoms with Crippen LogP contribution in [0, 0.1) is 30.2 Å². The second-order valence-corrected chi connectivity index (χ2v) is 3.64. The van der Waals surface area contributed by atoms with E-state index in [1.807, 2.05) is 0 Å². The Kier molecular flexibility index (Phi) is 5.06. The van der Waals surface area contributed by atoms with Crippen LogP contribution in [0.25, 0.3) is 0 Å². The Morgan fingerprint density at radius 1 is 1.00 bits per heavy atom. The maximum absolute atomic E-state index is 13.4. The molecule has 0 aliphatic carbocycles. The van der Waals surface area contributed by atoms with Crippen LogP contribution >= 0.6 is 0 Å². The molecule has 0 amide bonds. The molecule has 8 heteroatoms. The fourth-order valence-electron chi connectivity index (χ4n) is 1.30. The van der Waals surface area contributed by atoms with Gasteiger partial charge in [-0.3, -0.25) is 4.79 Å². The zero-order chi connectivity index (χ0) is 15.4. The van der Waals surface area contributed by atoms with Crippen LogP contribution in [0.2, 0.25) is 0 Å². The van der Waals surface area contributed by atoms with Crippen LogP contribution < -0.4 is 4.74 Å². The van der Waals surface area contributed by atoms with Crippen molar-refractivity contribution in [2.24, 2.45) is 0 Å². The van der Waals surface area contributed by atoms with Crippen LogP contribution in [0.4, 0.5) is 17.6 Å². The summed E-state index contributed by atoms with van der Waals surface area (Å²) in [5.74, 6) is -10.8.